The average molecular weight is 307 g/mol. The Morgan fingerprint density at radius 3 is 2.50 bits per heavy atom. The lowest BCUT2D eigenvalue weighted by molar-refractivity contribution is 0.415. The van der Waals surface area contributed by atoms with E-state index in [1.54, 1.807) is 13.2 Å². The fraction of sp³-hybridized carbons (Fsp3) is 0.133. The van der Waals surface area contributed by atoms with Gasteiger partial charge in [0.15, 0.2) is 5.65 Å². The first-order valence-electron chi connectivity index (χ1n) is 6.08. The Bertz CT molecular complexity index is 779. The van der Waals surface area contributed by atoms with Crippen LogP contribution in [-0.4, -0.2) is 16.5 Å². The lowest BCUT2D eigenvalue weighted by Crippen LogP contribution is -1.88. The molecule has 3 rings (SSSR count). The molecule has 0 atom stereocenters. The summed E-state index contributed by atoms with van der Waals surface area (Å²) in [4.78, 5) is 4.61. The van der Waals surface area contributed by atoms with Crippen LogP contribution in [0.5, 0.6) is 5.75 Å². The number of fused-ring (bicyclic) bond motifs is 1. The van der Waals surface area contributed by atoms with Crippen molar-refractivity contribution in [3.05, 3.63) is 52.3 Å². The van der Waals surface area contributed by atoms with Gasteiger partial charge >= 0.3 is 0 Å². The van der Waals surface area contributed by atoms with Gasteiger partial charge in [0.2, 0.25) is 0 Å². The molecule has 20 heavy (non-hydrogen) atoms. The number of halogens is 2. The van der Waals surface area contributed by atoms with Gasteiger partial charge in [0.05, 0.1) is 22.8 Å². The first-order chi connectivity index (χ1) is 9.60. The van der Waals surface area contributed by atoms with Crippen molar-refractivity contribution in [3.8, 4) is 17.0 Å². The number of pyridine rings is 1. The molecule has 0 aliphatic carbocycles. The van der Waals surface area contributed by atoms with Crippen LogP contribution in [0.25, 0.3) is 16.9 Å². The smallest absolute Gasteiger partial charge is 0.156 e. The average Bonchev–Trinajstić information content (AvgIpc) is 2.77. The van der Waals surface area contributed by atoms with Gasteiger partial charge in [-0.3, -0.25) is 0 Å². The van der Waals surface area contributed by atoms with Crippen molar-refractivity contribution < 1.29 is 4.74 Å². The Labute approximate surface area is 126 Å². The van der Waals surface area contributed by atoms with E-state index >= 15 is 0 Å². The van der Waals surface area contributed by atoms with E-state index in [9.17, 15) is 0 Å². The monoisotopic (exact) mass is 306 g/mol. The Morgan fingerprint density at radius 2 is 1.85 bits per heavy atom. The fourth-order valence-electron chi connectivity index (χ4n) is 2.21. The number of hydrogen-bond acceptors (Lipinski definition) is 2. The second kappa shape index (κ2) is 5.00. The number of imidazole rings is 1. The third-order valence-electron chi connectivity index (χ3n) is 3.24. The summed E-state index contributed by atoms with van der Waals surface area (Å²) in [6.07, 6.45) is 1.82. The van der Waals surface area contributed by atoms with Gasteiger partial charge in [-0.2, -0.15) is 0 Å². The minimum absolute atomic E-state index is 0.542. The van der Waals surface area contributed by atoms with Crippen molar-refractivity contribution in [2.24, 2.45) is 0 Å². The number of hydrogen-bond donors (Lipinski definition) is 0. The zero-order chi connectivity index (χ0) is 14.3. The van der Waals surface area contributed by atoms with Gasteiger partial charge in [0.25, 0.3) is 0 Å². The summed E-state index contributed by atoms with van der Waals surface area (Å²) in [6.45, 7) is 1.99. The van der Waals surface area contributed by atoms with Gasteiger partial charge < -0.3 is 9.14 Å². The summed E-state index contributed by atoms with van der Waals surface area (Å²) in [5.41, 5.74) is 3.60. The molecule has 2 aromatic heterocycles. The second-order valence-electron chi connectivity index (χ2n) is 4.47. The van der Waals surface area contributed by atoms with Crippen molar-refractivity contribution in [3.63, 3.8) is 0 Å². The first-order valence-corrected chi connectivity index (χ1v) is 6.84. The summed E-state index contributed by atoms with van der Waals surface area (Å²) in [5.74, 6) is 0.816. The largest absolute Gasteiger partial charge is 0.497 e. The molecule has 1 aromatic carbocycles. The maximum absolute atomic E-state index is 6.19. The highest BCUT2D eigenvalue weighted by atomic mass is 35.5. The van der Waals surface area contributed by atoms with Crippen LogP contribution in [0, 0.1) is 6.92 Å². The normalized spacial score (nSPS) is 11.0. The van der Waals surface area contributed by atoms with E-state index in [0.717, 1.165) is 22.7 Å². The third kappa shape index (κ3) is 2.13. The van der Waals surface area contributed by atoms with Crippen molar-refractivity contribution in [2.75, 3.05) is 7.11 Å². The standard InChI is InChI=1S/C15H12Cl2N2O/c1-9-14(10-3-5-12(20-2)6-4-10)18-15-13(17)7-11(16)8-19(9)15/h3-8H,1-2H3. The van der Waals surface area contributed by atoms with Crippen LogP contribution >= 0.6 is 23.2 Å². The van der Waals surface area contributed by atoms with Crippen LogP contribution in [0.2, 0.25) is 10.0 Å². The summed E-state index contributed by atoms with van der Waals surface area (Å²) in [7, 11) is 1.65. The van der Waals surface area contributed by atoms with Crippen molar-refractivity contribution >= 4 is 28.8 Å². The molecular weight excluding hydrogens is 295 g/mol. The van der Waals surface area contributed by atoms with Crippen LogP contribution in [0.1, 0.15) is 5.69 Å². The Balaban J connectivity index is 2.20. The Kier molecular flexibility index (Phi) is 3.32. The third-order valence-corrected chi connectivity index (χ3v) is 3.73. The number of rotatable bonds is 2. The van der Waals surface area contributed by atoms with E-state index in [1.807, 2.05) is 41.8 Å². The molecule has 0 spiro atoms. The molecule has 0 aliphatic rings. The summed E-state index contributed by atoms with van der Waals surface area (Å²) in [5, 5.41) is 1.13. The Morgan fingerprint density at radius 1 is 1.15 bits per heavy atom. The van der Waals surface area contributed by atoms with E-state index in [1.165, 1.54) is 0 Å². The molecule has 0 aliphatic heterocycles. The van der Waals surface area contributed by atoms with Crippen LogP contribution < -0.4 is 4.74 Å². The number of nitrogens with zero attached hydrogens (tertiary/aromatic N) is 2. The van der Waals surface area contributed by atoms with Gasteiger partial charge in [-0.25, -0.2) is 4.98 Å². The van der Waals surface area contributed by atoms with Crippen LogP contribution in [-0.2, 0) is 0 Å². The SMILES string of the molecule is COc1ccc(-c2nc3c(Cl)cc(Cl)cn3c2C)cc1. The maximum Gasteiger partial charge on any atom is 0.156 e. The molecule has 5 heteroatoms. The number of ether oxygens (including phenoxy) is 1. The first kappa shape index (κ1) is 13.3. The second-order valence-corrected chi connectivity index (χ2v) is 5.32. The molecule has 0 unspecified atom stereocenters. The predicted octanol–water partition coefficient (Wildman–Crippen LogP) is 4.63. The minimum atomic E-state index is 0.542. The van der Waals surface area contributed by atoms with Gasteiger partial charge in [0.1, 0.15) is 5.75 Å². The Hall–Kier alpha value is -1.71. The molecular formula is C15H12Cl2N2O. The highest BCUT2D eigenvalue weighted by Crippen LogP contribution is 2.29. The molecule has 0 N–H and O–H groups in total. The topological polar surface area (TPSA) is 26.5 Å². The van der Waals surface area contributed by atoms with Gasteiger partial charge in [-0.05, 0) is 37.3 Å². The fourth-order valence-corrected chi connectivity index (χ4v) is 2.72. The molecule has 2 heterocycles. The minimum Gasteiger partial charge on any atom is -0.497 e. The van der Waals surface area contributed by atoms with Crippen molar-refractivity contribution in [1.29, 1.82) is 0 Å². The van der Waals surface area contributed by atoms with E-state index in [0.29, 0.717) is 15.7 Å². The van der Waals surface area contributed by atoms with Crippen molar-refractivity contribution in [2.45, 2.75) is 6.92 Å². The highest BCUT2D eigenvalue weighted by molar-refractivity contribution is 6.36. The van der Waals surface area contributed by atoms with Gasteiger partial charge in [0, 0.05) is 17.5 Å². The van der Waals surface area contributed by atoms with Crippen molar-refractivity contribution in [1.82, 2.24) is 9.38 Å². The molecule has 0 saturated carbocycles. The van der Waals surface area contributed by atoms with Crippen LogP contribution in [0.4, 0.5) is 0 Å². The predicted molar refractivity (Wildman–Crippen MR) is 81.9 cm³/mol. The van der Waals surface area contributed by atoms with Crippen LogP contribution in [0.15, 0.2) is 36.5 Å². The summed E-state index contributed by atoms with van der Waals surface area (Å²) < 4.78 is 7.07. The molecule has 0 amide bonds. The molecule has 102 valence electrons. The zero-order valence-corrected chi connectivity index (χ0v) is 12.5. The molecule has 3 nitrogen and oxygen atoms in total. The maximum atomic E-state index is 6.19. The van der Waals surface area contributed by atoms with E-state index in [-0.39, 0.29) is 0 Å². The van der Waals surface area contributed by atoms with E-state index in [4.69, 9.17) is 27.9 Å². The van der Waals surface area contributed by atoms with Gasteiger partial charge in [-0.15, -0.1) is 0 Å². The number of methoxy groups -OCH3 is 1. The number of benzene rings is 1. The summed E-state index contributed by atoms with van der Waals surface area (Å²) >= 11 is 12.2. The molecule has 0 saturated heterocycles. The molecule has 0 radical (unpaired) electrons. The summed E-state index contributed by atoms with van der Waals surface area (Å²) in [6, 6.07) is 9.47. The van der Waals surface area contributed by atoms with Crippen LogP contribution in [0.3, 0.4) is 0 Å². The quantitative estimate of drug-likeness (QED) is 0.690. The number of aryl methyl sites for hydroxylation is 1. The lowest BCUT2D eigenvalue weighted by Gasteiger charge is -2.02. The lowest BCUT2D eigenvalue weighted by atomic mass is 10.1. The number of aromatic nitrogens is 2. The van der Waals surface area contributed by atoms with E-state index in [2.05, 4.69) is 4.98 Å². The molecule has 0 bridgehead atoms. The molecule has 0 fully saturated rings. The zero-order valence-electron chi connectivity index (χ0n) is 11.0. The van der Waals surface area contributed by atoms with E-state index < -0.39 is 0 Å². The molecule has 3 aromatic rings. The highest BCUT2D eigenvalue weighted by Gasteiger charge is 2.13. The van der Waals surface area contributed by atoms with Gasteiger partial charge in [-0.1, -0.05) is 23.2 Å².